The molecule has 1 aromatic heterocycles. The predicted octanol–water partition coefficient (Wildman–Crippen LogP) is 2.41. The van der Waals surface area contributed by atoms with Crippen LogP contribution in [0.2, 0.25) is 0 Å². The Kier molecular flexibility index (Phi) is 5.28. The van der Waals surface area contributed by atoms with Crippen LogP contribution in [0.3, 0.4) is 0 Å². The number of fused-ring (bicyclic) bond motifs is 1. The largest absolute Gasteiger partial charge is 0.338 e. The molecular formula is C22H23N5O2S. The van der Waals surface area contributed by atoms with E-state index >= 15 is 0 Å². The Bertz CT molecular complexity index is 1020. The van der Waals surface area contributed by atoms with Crippen molar-refractivity contribution in [1.29, 1.82) is 0 Å². The molecule has 0 aliphatic carbocycles. The molecule has 4 atom stereocenters. The van der Waals surface area contributed by atoms with Crippen LogP contribution in [0, 0.1) is 6.92 Å². The van der Waals surface area contributed by atoms with Crippen molar-refractivity contribution >= 4 is 17.7 Å². The second kappa shape index (κ2) is 8.22. The maximum Gasteiger partial charge on any atom is 0.240 e. The van der Waals surface area contributed by atoms with Gasteiger partial charge < -0.3 is 15.2 Å². The van der Waals surface area contributed by atoms with Gasteiger partial charge in [0.05, 0.1) is 5.75 Å². The zero-order chi connectivity index (χ0) is 20.5. The number of aromatic nitrogens is 2. The van der Waals surface area contributed by atoms with Gasteiger partial charge in [0.2, 0.25) is 17.6 Å². The van der Waals surface area contributed by atoms with Gasteiger partial charge in [-0.05, 0) is 12.5 Å². The summed E-state index contributed by atoms with van der Waals surface area (Å²) in [5.74, 6) is 1.91. The molecule has 5 rings (SSSR count). The van der Waals surface area contributed by atoms with Gasteiger partial charge >= 0.3 is 0 Å². The fourth-order valence-electron chi connectivity index (χ4n) is 4.05. The number of carbonyl (C=O) groups excluding carboxylic acids is 1. The lowest BCUT2D eigenvalue weighted by atomic mass is 9.90. The van der Waals surface area contributed by atoms with Crippen LogP contribution in [0.15, 0.2) is 59.1 Å². The first-order chi connectivity index (χ1) is 14.7. The van der Waals surface area contributed by atoms with Crippen LogP contribution in [0.25, 0.3) is 11.4 Å². The van der Waals surface area contributed by atoms with Crippen molar-refractivity contribution in [3.63, 3.8) is 0 Å². The van der Waals surface area contributed by atoms with E-state index in [9.17, 15) is 4.79 Å². The zero-order valence-corrected chi connectivity index (χ0v) is 17.4. The van der Waals surface area contributed by atoms with Gasteiger partial charge in [0.1, 0.15) is 11.5 Å². The summed E-state index contributed by atoms with van der Waals surface area (Å²) in [6, 6.07) is 18.2. The molecule has 7 nitrogen and oxygen atoms in total. The van der Waals surface area contributed by atoms with Crippen LogP contribution in [-0.2, 0) is 10.5 Å². The van der Waals surface area contributed by atoms with Crippen molar-refractivity contribution in [2.45, 2.75) is 36.2 Å². The summed E-state index contributed by atoms with van der Waals surface area (Å²) in [6.45, 7) is 2.82. The van der Waals surface area contributed by atoms with Gasteiger partial charge in [0, 0.05) is 24.1 Å². The number of amides is 1. The van der Waals surface area contributed by atoms with E-state index in [4.69, 9.17) is 4.52 Å². The van der Waals surface area contributed by atoms with E-state index in [0.29, 0.717) is 17.5 Å². The molecule has 3 aromatic rings. The molecule has 3 N–H and O–H groups in total. The molecular weight excluding hydrogens is 398 g/mol. The van der Waals surface area contributed by atoms with Crippen molar-refractivity contribution < 1.29 is 9.32 Å². The number of carbonyl (C=O) groups is 1. The first kappa shape index (κ1) is 19.3. The molecule has 154 valence electrons. The Hall–Kier alpha value is -2.68. The molecule has 1 amide bonds. The Labute approximate surface area is 179 Å². The molecule has 0 saturated carbocycles. The number of hydrogen-bond donors (Lipinski definition) is 3. The summed E-state index contributed by atoms with van der Waals surface area (Å²) >= 11 is 1.54. The van der Waals surface area contributed by atoms with Crippen molar-refractivity contribution in [2.75, 3.05) is 6.54 Å². The number of nitrogens with zero attached hydrogens (tertiary/aromatic N) is 2. The van der Waals surface area contributed by atoms with Gasteiger partial charge in [0.25, 0.3) is 0 Å². The van der Waals surface area contributed by atoms with Crippen LogP contribution in [-0.4, -0.2) is 40.2 Å². The van der Waals surface area contributed by atoms with Crippen molar-refractivity contribution in [3.8, 4) is 11.4 Å². The third-order valence-electron chi connectivity index (χ3n) is 5.63. The van der Waals surface area contributed by atoms with Crippen LogP contribution in [0.1, 0.15) is 22.9 Å². The third-order valence-corrected chi connectivity index (χ3v) is 6.63. The minimum atomic E-state index is -0.219. The van der Waals surface area contributed by atoms with E-state index < -0.39 is 0 Å². The Morgan fingerprint density at radius 3 is 2.73 bits per heavy atom. The highest BCUT2D eigenvalue weighted by atomic mass is 32.2. The summed E-state index contributed by atoms with van der Waals surface area (Å²) in [5, 5.41) is 14.1. The molecule has 4 unspecified atom stereocenters. The van der Waals surface area contributed by atoms with Crippen molar-refractivity contribution in [2.24, 2.45) is 0 Å². The molecule has 0 spiro atoms. The van der Waals surface area contributed by atoms with E-state index in [1.807, 2.05) is 49.4 Å². The lowest BCUT2D eigenvalue weighted by molar-refractivity contribution is -0.125. The van der Waals surface area contributed by atoms with E-state index in [0.717, 1.165) is 12.1 Å². The van der Waals surface area contributed by atoms with Gasteiger partial charge in [-0.3, -0.25) is 10.1 Å². The average molecular weight is 422 g/mol. The Morgan fingerprint density at radius 2 is 1.93 bits per heavy atom. The summed E-state index contributed by atoms with van der Waals surface area (Å²) < 4.78 is 5.41. The maximum atomic E-state index is 12.6. The highest BCUT2D eigenvalue weighted by Crippen LogP contribution is 2.30. The van der Waals surface area contributed by atoms with Crippen LogP contribution >= 0.6 is 11.8 Å². The normalized spacial score (nSPS) is 25.7. The molecule has 30 heavy (non-hydrogen) atoms. The van der Waals surface area contributed by atoms with Gasteiger partial charge in [-0.15, -0.1) is 11.8 Å². The van der Waals surface area contributed by atoms with Crippen LogP contribution in [0.4, 0.5) is 0 Å². The first-order valence-electron chi connectivity index (χ1n) is 10.0. The summed E-state index contributed by atoms with van der Waals surface area (Å²) in [7, 11) is 0. The number of benzene rings is 2. The highest BCUT2D eigenvalue weighted by Gasteiger charge is 2.45. The molecule has 2 aliphatic heterocycles. The quantitative estimate of drug-likeness (QED) is 0.583. The standard InChI is InChI=1S/C22H23N5O2S/c1-13-7-9-15(10-8-13)20-24-17(29-27-20)12-30-22-25-18-16(14-5-3-2-4-6-14)11-23-19(18)21(28)26-22/h2-10,16,18-19,22-23,25H,11-12H2,1H3,(H,26,28). The summed E-state index contributed by atoms with van der Waals surface area (Å²) in [4.78, 5) is 17.1. The van der Waals surface area contributed by atoms with Crippen LogP contribution in [0.5, 0.6) is 0 Å². The number of rotatable bonds is 5. The lowest BCUT2D eigenvalue weighted by Gasteiger charge is -2.35. The van der Waals surface area contributed by atoms with Gasteiger partial charge in [-0.25, -0.2) is 0 Å². The smallest absolute Gasteiger partial charge is 0.240 e. The third kappa shape index (κ3) is 3.86. The zero-order valence-electron chi connectivity index (χ0n) is 16.5. The SMILES string of the molecule is Cc1ccc(-c2noc(CSC3NC(=O)C4NCC(c5ccccc5)C4N3)n2)cc1. The second-order valence-electron chi connectivity index (χ2n) is 7.67. The van der Waals surface area contributed by atoms with E-state index in [-0.39, 0.29) is 29.4 Å². The highest BCUT2D eigenvalue weighted by molar-refractivity contribution is 7.99. The number of hydrogen-bond acceptors (Lipinski definition) is 7. The first-order valence-corrected chi connectivity index (χ1v) is 11.1. The molecule has 8 heteroatoms. The lowest BCUT2D eigenvalue weighted by Crippen LogP contribution is -2.64. The topological polar surface area (TPSA) is 92.1 Å². The fourth-order valence-corrected chi connectivity index (χ4v) is 4.93. The number of nitrogens with one attached hydrogen (secondary N) is 3. The molecule has 2 saturated heterocycles. The maximum absolute atomic E-state index is 12.6. The van der Waals surface area contributed by atoms with Gasteiger partial charge in [-0.2, -0.15) is 4.98 Å². The minimum Gasteiger partial charge on any atom is -0.338 e. The van der Waals surface area contributed by atoms with Gasteiger partial charge in [0.15, 0.2) is 0 Å². The van der Waals surface area contributed by atoms with Crippen LogP contribution < -0.4 is 16.0 Å². The van der Waals surface area contributed by atoms with Crippen molar-refractivity contribution in [3.05, 3.63) is 71.6 Å². The van der Waals surface area contributed by atoms with E-state index in [1.165, 1.54) is 11.1 Å². The second-order valence-corrected chi connectivity index (χ2v) is 8.77. The summed E-state index contributed by atoms with van der Waals surface area (Å²) in [5.41, 5.74) is 3.14. The molecule has 2 aromatic carbocycles. The van der Waals surface area contributed by atoms with E-state index in [2.05, 4.69) is 38.2 Å². The minimum absolute atomic E-state index is 0.0283. The number of thioether (sulfide) groups is 1. The average Bonchev–Trinajstić information content (AvgIpc) is 3.41. The predicted molar refractivity (Wildman–Crippen MR) is 116 cm³/mol. The monoisotopic (exact) mass is 421 g/mol. The molecule has 2 aliphatic rings. The Morgan fingerprint density at radius 1 is 1.13 bits per heavy atom. The fraction of sp³-hybridized carbons (Fsp3) is 0.318. The van der Waals surface area contributed by atoms with E-state index in [1.54, 1.807) is 11.8 Å². The molecule has 0 radical (unpaired) electrons. The number of aryl methyl sites for hydroxylation is 1. The summed E-state index contributed by atoms with van der Waals surface area (Å²) in [6.07, 6.45) is 0. The Balaban J connectivity index is 1.24. The van der Waals surface area contributed by atoms with Gasteiger partial charge in [-0.1, -0.05) is 65.3 Å². The molecule has 0 bridgehead atoms. The molecule has 3 heterocycles. The molecule has 2 fully saturated rings. The van der Waals surface area contributed by atoms with Crippen molar-refractivity contribution in [1.82, 2.24) is 26.1 Å².